The van der Waals surface area contributed by atoms with E-state index in [4.69, 9.17) is 16.3 Å². The van der Waals surface area contributed by atoms with Crippen LogP contribution in [-0.4, -0.2) is 23.8 Å². The van der Waals surface area contributed by atoms with Crippen LogP contribution in [0.15, 0.2) is 47.6 Å². The predicted molar refractivity (Wildman–Crippen MR) is 85.8 cm³/mol. The minimum absolute atomic E-state index is 0.0290. The molecule has 0 unspecified atom stereocenters. The number of hydrazone groups is 1. The number of carbonyl (C=O) groups is 1. The van der Waals surface area contributed by atoms with Gasteiger partial charge in [0.15, 0.2) is 0 Å². The Hall–Kier alpha value is -2.53. The number of nitrogens with zero attached hydrogens (tertiary/aromatic N) is 1. The van der Waals surface area contributed by atoms with Crippen molar-refractivity contribution in [2.45, 2.75) is 6.92 Å². The van der Waals surface area contributed by atoms with Gasteiger partial charge in [0.25, 0.3) is 5.91 Å². The standard InChI is InChI=1S/C16H15ClN2O3/c1-10(14-8-7-13(22-2)9-15(14)20)18-19-16(21)11-3-5-12(17)6-4-11/h3-9,20H,1-2H3,(H,19,21). The minimum atomic E-state index is -0.357. The number of hydrogen-bond acceptors (Lipinski definition) is 4. The first-order valence-corrected chi connectivity index (χ1v) is 6.86. The Morgan fingerprint density at radius 1 is 1.23 bits per heavy atom. The number of halogens is 1. The zero-order chi connectivity index (χ0) is 16.1. The minimum Gasteiger partial charge on any atom is -0.507 e. The molecular formula is C16H15ClN2O3. The Bertz CT molecular complexity index is 712. The van der Waals surface area contributed by atoms with Gasteiger partial charge >= 0.3 is 0 Å². The monoisotopic (exact) mass is 318 g/mol. The molecule has 0 fully saturated rings. The Labute approximate surface area is 133 Å². The second kappa shape index (κ2) is 6.95. The van der Waals surface area contributed by atoms with Crippen molar-refractivity contribution >= 4 is 23.2 Å². The number of methoxy groups -OCH3 is 1. The fraction of sp³-hybridized carbons (Fsp3) is 0.125. The van der Waals surface area contributed by atoms with Crippen LogP contribution in [0.5, 0.6) is 11.5 Å². The number of benzene rings is 2. The summed E-state index contributed by atoms with van der Waals surface area (Å²) in [5, 5.41) is 14.5. The van der Waals surface area contributed by atoms with Crippen LogP contribution in [0.4, 0.5) is 0 Å². The maximum Gasteiger partial charge on any atom is 0.271 e. The summed E-state index contributed by atoms with van der Waals surface area (Å²) in [6.45, 7) is 1.68. The van der Waals surface area contributed by atoms with Crippen LogP contribution in [0, 0.1) is 0 Å². The lowest BCUT2D eigenvalue weighted by Gasteiger charge is -2.07. The molecule has 0 aliphatic rings. The third-order valence-corrected chi connectivity index (χ3v) is 3.28. The quantitative estimate of drug-likeness (QED) is 0.671. The summed E-state index contributed by atoms with van der Waals surface area (Å²) in [6.07, 6.45) is 0. The summed E-state index contributed by atoms with van der Waals surface area (Å²) in [4.78, 5) is 11.9. The molecule has 0 aromatic heterocycles. The molecule has 0 saturated heterocycles. The van der Waals surface area contributed by atoms with Crippen LogP contribution in [0.25, 0.3) is 0 Å². The number of amides is 1. The molecule has 0 aliphatic heterocycles. The number of aromatic hydroxyl groups is 1. The first-order chi connectivity index (χ1) is 10.5. The van der Waals surface area contributed by atoms with E-state index in [0.29, 0.717) is 27.6 Å². The van der Waals surface area contributed by atoms with Gasteiger partial charge in [0.05, 0.1) is 12.8 Å². The van der Waals surface area contributed by atoms with Gasteiger partial charge in [0.2, 0.25) is 0 Å². The van der Waals surface area contributed by atoms with E-state index in [0.717, 1.165) is 0 Å². The topological polar surface area (TPSA) is 70.9 Å². The molecule has 0 heterocycles. The number of hydrogen-bond donors (Lipinski definition) is 2. The average molecular weight is 319 g/mol. The van der Waals surface area contributed by atoms with E-state index in [-0.39, 0.29) is 11.7 Å². The van der Waals surface area contributed by atoms with Crippen LogP contribution in [0.2, 0.25) is 5.02 Å². The Morgan fingerprint density at radius 3 is 2.50 bits per heavy atom. The molecule has 22 heavy (non-hydrogen) atoms. The van der Waals surface area contributed by atoms with Crippen molar-refractivity contribution < 1.29 is 14.6 Å². The highest BCUT2D eigenvalue weighted by Crippen LogP contribution is 2.23. The summed E-state index contributed by atoms with van der Waals surface area (Å²) in [5.41, 5.74) is 3.87. The van der Waals surface area contributed by atoms with Crippen LogP contribution in [0.1, 0.15) is 22.8 Å². The highest BCUT2D eigenvalue weighted by molar-refractivity contribution is 6.30. The van der Waals surface area contributed by atoms with Gasteiger partial charge < -0.3 is 9.84 Å². The number of carbonyl (C=O) groups excluding carboxylic acids is 1. The van der Waals surface area contributed by atoms with Gasteiger partial charge in [-0.2, -0.15) is 5.10 Å². The average Bonchev–Trinajstić information content (AvgIpc) is 2.52. The molecule has 1 amide bonds. The van der Waals surface area contributed by atoms with Gasteiger partial charge in [-0.25, -0.2) is 5.43 Å². The smallest absolute Gasteiger partial charge is 0.271 e. The summed E-state index contributed by atoms with van der Waals surface area (Å²) in [6, 6.07) is 11.3. The van der Waals surface area contributed by atoms with Gasteiger partial charge in [-0.3, -0.25) is 4.79 Å². The molecule has 0 bridgehead atoms. The van der Waals surface area contributed by atoms with Crippen molar-refractivity contribution in [1.82, 2.24) is 5.43 Å². The van der Waals surface area contributed by atoms with E-state index in [2.05, 4.69) is 10.5 Å². The van der Waals surface area contributed by atoms with Gasteiger partial charge in [0, 0.05) is 22.2 Å². The molecule has 5 nitrogen and oxygen atoms in total. The molecule has 114 valence electrons. The molecule has 2 rings (SSSR count). The third-order valence-electron chi connectivity index (χ3n) is 3.03. The fourth-order valence-electron chi connectivity index (χ4n) is 1.81. The number of ether oxygens (including phenoxy) is 1. The van der Waals surface area contributed by atoms with E-state index >= 15 is 0 Å². The number of phenols is 1. The lowest BCUT2D eigenvalue weighted by molar-refractivity contribution is 0.0955. The first-order valence-electron chi connectivity index (χ1n) is 6.49. The molecule has 0 aliphatic carbocycles. The van der Waals surface area contributed by atoms with Crippen molar-refractivity contribution in [3.63, 3.8) is 0 Å². The van der Waals surface area contributed by atoms with Crippen molar-refractivity contribution in [2.75, 3.05) is 7.11 Å². The van der Waals surface area contributed by atoms with Crippen molar-refractivity contribution in [1.29, 1.82) is 0 Å². The largest absolute Gasteiger partial charge is 0.507 e. The van der Waals surface area contributed by atoms with E-state index in [1.807, 2.05) is 0 Å². The zero-order valence-corrected chi connectivity index (χ0v) is 12.9. The van der Waals surface area contributed by atoms with E-state index in [1.54, 1.807) is 43.3 Å². The summed E-state index contributed by atoms with van der Waals surface area (Å²) in [7, 11) is 1.52. The molecule has 0 saturated carbocycles. The molecule has 2 aromatic rings. The lowest BCUT2D eigenvalue weighted by atomic mass is 10.1. The summed E-state index contributed by atoms with van der Waals surface area (Å²) < 4.78 is 5.02. The highest BCUT2D eigenvalue weighted by atomic mass is 35.5. The van der Waals surface area contributed by atoms with E-state index < -0.39 is 0 Å². The van der Waals surface area contributed by atoms with Crippen LogP contribution >= 0.6 is 11.6 Å². The first kappa shape index (κ1) is 15.9. The van der Waals surface area contributed by atoms with Crippen molar-refractivity contribution in [3.05, 3.63) is 58.6 Å². The molecule has 0 atom stereocenters. The van der Waals surface area contributed by atoms with Gasteiger partial charge in [-0.15, -0.1) is 0 Å². The highest BCUT2D eigenvalue weighted by Gasteiger charge is 2.08. The van der Waals surface area contributed by atoms with Crippen LogP contribution < -0.4 is 10.2 Å². The fourth-order valence-corrected chi connectivity index (χ4v) is 1.93. The second-order valence-electron chi connectivity index (χ2n) is 4.53. The normalized spacial score (nSPS) is 11.1. The molecule has 0 spiro atoms. The lowest BCUT2D eigenvalue weighted by Crippen LogP contribution is -2.19. The summed E-state index contributed by atoms with van der Waals surface area (Å²) in [5.74, 6) is 0.213. The predicted octanol–water partition coefficient (Wildman–Crippen LogP) is 3.21. The molecule has 0 radical (unpaired) electrons. The van der Waals surface area contributed by atoms with Gasteiger partial charge in [-0.1, -0.05) is 11.6 Å². The third kappa shape index (κ3) is 3.77. The Balaban J connectivity index is 2.12. The Morgan fingerprint density at radius 2 is 1.91 bits per heavy atom. The molecule has 2 aromatic carbocycles. The number of phenolic OH excluding ortho intramolecular Hbond substituents is 1. The van der Waals surface area contributed by atoms with Gasteiger partial charge in [-0.05, 0) is 43.3 Å². The van der Waals surface area contributed by atoms with Crippen molar-refractivity contribution in [3.8, 4) is 11.5 Å². The number of rotatable bonds is 4. The maximum atomic E-state index is 11.9. The molecular weight excluding hydrogens is 304 g/mol. The van der Waals surface area contributed by atoms with Crippen molar-refractivity contribution in [2.24, 2.45) is 5.10 Å². The second-order valence-corrected chi connectivity index (χ2v) is 4.96. The summed E-state index contributed by atoms with van der Waals surface area (Å²) >= 11 is 5.77. The van der Waals surface area contributed by atoms with Crippen LogP contribution in [0.3, 0.4) is 0 Å². The molecule has 2 N–H and O–H groups in total. The SMILES string of the molecule is COc1ccc(C(C)=NNC(=O)c2ccc(Cl)cc2)c(O)c1. The van der Waals surface area contributed by atoms with E-state index in [9.17, 15) is 9.90 Å². The maximum absolute atomic E-state index is 11.9. The van der Waals surface area contributed by atoms with Crippen LogP contribution in [-0.2, 0) is 0 Å². The van der Waals surface area contributed by atoms with E-state index in [1.165, 1.54) is 13.2 Å². The molecule has 6 heteroatoms. The Kier molecular flexibility index (Phi) is 5.01. The number of nitrogens with one attached hydrogen (secondary N) is 1. The zero-order valence-electron chi connectivity index (χ0n) is 12.1. The van der Waals surface area contributed by atoms with Gasteiger partial charge in [0.1, 0.15) is 11.5 Å².